The van der Waals surface area contributed by atoms with Crippen LogP contribution in [0.4, 0.5) is 11.4 Å². The number of benzene rings is 2. The molecule has 0 fully saturated rings. The molecule has 2 nitrogen and oxygen atoms in total. The van der Waals surface area contributed by atoms with E-state index < -0.39 is 0 Å². The van der Waals surface area contributed by atoms with Crippen LogP contribution in [0.25, 0.3) is 0 Å². The summed E-state index contributed by atoms with van der Waals surface area (Å²) in [6.07, 6.45) is 5.99. The molecule has 0 amide bonds. The first-order valence-electron chi connectivity index (χ1n) is 12.2. The third-order valence-corrected chi connectivity index (χ3v) is 6.60. The van der Waals surface area contributed by atoms with Crippen molar-refractivity contribution >= 4 is 11.4 Å². The van der Waals surface area contributed by atoms with Gasteiger partial charge < -0.3 is 9.80 Å². The second-order valence-electron chi connectivity index (χ2n) is 10.2. The Morgan fingerprint density at radius 1 is 0.581 bits per heavy atom. The average Bonchev–Trinajstić information content (AvgIpc) is 3.15. The van der Waals surface area contributed by atoms with E-state index in [2.05, 4.69) is 121 Å². The van der Waals surface area contributed by atoms with E-state index in [1.54, 1.807) is 0 Å². The van der Waals surface area contributed by atoms with E-state index in [1.807, 2.05) is 0 Å². The van der Waals surface area contributed by atoms with Crippen molar-refractivity contribution in [3.63, 3.8) is 0 Å². The molecule has 2 aromatic rings. The summed E-state index contributed by atoms with van der Waals surface area (Å²) in [5, 5.41) is 0. The van der Waals surface area contributed by atoms with Gasteiger partial charge in [-0.1, -0.05) is 98.7 Å². The fourth-order valence-electron chi connectivity index (χ4n) is 4.94. The van der Waals surface area contributed by atoms with Crippen LogP contribution in [-0.2, 0) is 0 Å². The molecule has 1 aliphatic rings. The minimum Gasteiger partial charge on any atom is -0.325 e. The Kier molecular flexibility index (Phi) is 7.19. The van der Waals surface area contributed by atoms with Crippen molar-refractivity contribution in [1.29, 1.82) is 0 Å². The van der Waals surface area contributed by atoms with Crippen LogP contribution in [0.5, 0.6) is 0 Å². The highest BCUT2D eigenvalue weighted by atomic mass is 15.4. The van der Waals surface area contributed by atoms with Crippen molar-refractivity contribution in [2.75, 3.05) is 9.80 Å². The molecular weight excluding hydrogens is 376 g/mol. The van der Waals surface area contributed by atoms with E-state index in [-0.39, 0.29) is 6.17 Å². The zero-order valence-electron chi connectivity index (χ0n) is 21.1. The van der Waals surface area contributed by atoms with Crippen LogP contribution >= 0.6 is 0 Å². The monoisotopic (exact) mass is 418 g/mol. The third kappa shape index (κ3) is 4.40. The molecule has 0 bridgehead atoms. The molecule has 2 heteroatoms. The Morgan fingerprint density at radius 3 is 1.10 bits per heavy atom. The zero-order valence-corrected chi connectivity index (χ0v) is 21.1. The summed E-state index contributed by atoms with van der Waals surface area (Å²) in [7, 11) is 0. The van der Waals surface area contributed by atoms with E-state index >= 15 is 0 Å². The van der Waals surface area contributed by atoms with Crippen LogP contribution < -0.4 is 9.80 Å². The number of hydrogen-bond donors (Lipinski definition) is 0. The van der Waals surface area contributed by atoms with Gasteiger partial charge in [0.25, 0.3) is 0 Å². The molecule has 0 saturated carbocycles. The number of rotatable bonds is 7. The van der Waals surface area contributed by atoms with Gasteiger partial charge in [0.15, 0.2) is 0 Å². The van der Waals surface area contributed by atoms with Crippen LogP contribution in [0.15, 0.2) is 48.8 Å². The minimum absolute atomic E-state index is 0.287. The molecule has 0 aliphatic carbocycles. The molecular formula is C29H42N2. The second-order valence-corrected chi connectivity index (χ2v) is 10.2. The lowest BCUT2D eigenvalue weighted by Crippen LogP contribution is -2.40. The number of hydrogen-bond acceptors (Lipinski definition) is 2. The summed E-state index contributed by atoms with van der Waals surface area (Å²) < 4.78 is 0. The van der Waals surface area contributed by atoms with Gasteiger partial charge in [-0.2, -0.15) is 0 Å². The molecule has 2 aromatic carbocycles. The van der Waals surface area contributed by atoms with Crippen molar-refractivity contribution < 1.29 is 0 Å². The van der Waals surface area contributed by atoms with E-state index in [4.69, 9.17) is 0 Å². The molecule has 0 radical (unpaired) electrons. The summed E-state index contributed by atoms with van der Waals surface area (Å²) in [4.78, 5) is 5.10. The van der Waals surface area contributed by atoms with Gasteiger partial charge in [0.2, 0.25) is 0 Å². The molecule has 1 aliphatic heterocycles. The standard InChI is InChI=1S/C29H42N2/c1-10-27-30(28-23(19(2)3)13-11-14-24(28)20(4)5)17-18-31(27)29-25(21(6)7)15-12-16-26(29)22(8)9/h11-22,27H,10H2,1-9H3. The van der Waals surface area contributed by atoms with Crippen LogP contribution in [0.1, 0.15) is 115 Å². The summed E-state index contributed by atoms with van der Waals surface area (Å²) >= 11 is 0. The van der Waals surface area contributed by atoms with Crippen molar-refractivity contribution in [2.24, 2.45) is 0 Å². The normalized spacial score (nSPS) is 14.9. The lowest BCUT2D eigenvalue weighted by atomic mass is 9.91. The first-order chi connectivity index (χ1) is 14.7. The Morgan fingerprint density at radius 2 is 0.871 bits per heavy atom. The maximum absolute atomic E-state index is 2.55. The minimum atomic E-state index is 0.287. The fourth-order valence-corrected chi connectivity index (χ4v) is 4.94. The SMILES string of the molecule is CCC1N(c2c(C(C)C)cccc2C(C)C)C=CN1c1c(C(C)C)cccc1C(C)C. The van der Waals surface area contributed by atoms with Crippen molar-refractivity contribution in [3.8, 4) is 0 Å². The van der Waals surface area contributed by atoms with E-state index in [1.165, 1.54) is 33.6 Å². The highest BCUT2D eigenvalue weighted by molar-refractivity contribution is 5.72. The molecule has 1 heterocycles. The molecule has 0 atom stereocenters. The van der Waals surface area contributed by atoms with Gasteiger partial charge in [0.05, 0.1) is 0 Å². The lowest BCUT2D eigenvalue weighted by molar-refractivity contribution is 0.642. The van der Waals surface area contributed by atoms with Crippen molar-refractivity contribution in [2.45, 2.75) is 98.6 Å². The van der Waals surface area contributed by atoms with Gasteiger partial charge in [0.1, 0.15) is 6.17 Å². The average molecular weight is 419 g/mol. The topological polar surface area (TPSA) is 6.48 Å². The quantitative estimate of drug-likeness (QED) is 0.443. The first-order valence-corrected chi connectivity index (χ1v) is 12.2. The number of para-hydroxylation sites is 2. The second kappa shape index (κ2) is 9.51. The molecule has 0 spiro atoms. The molecule has 168 valence electrons. The van der Waals surface area contributed by atoms with E-state index in [0.29, 0.717) is 23.7 Å². The maximum atomic E-state index is 2.55. The van der Waals surface area contributed by atoms with Crippen molar-refractivity contribution in [3.05, 3.63) is 71.1 Å². The van der Waals surface area contributed by atoms with Crippen LogP contribution in [0.2, 0.25) is 0 Å². The lowest BCUT2D eigenvalue weighted by Gasteiger charge is -2.37. The van der Waals surface area contributed by atoms with Crippen LogP contribution in [-0.4, -0.2) is 6.17 Å². The first kappa shape index (κ1) is 23.4. The predicted octanol–water partition coefficient (Wildman–Crippen LogP) is 8.71. The van der Waals surface area contributed by atoms with E-state index in [9.17, 15) is 0 Å². The highest BCUT2D eigenvalue weighted by Gasteiger charge is 2.33. The van der Waals surface area contributed by atoms with Gasteiger partial charge in [-0.3, -0.25) is 0 Å². The Labute approximate surface area is 191 Å². The number of anilines is 2. The molecule has 3 rings (SSSR count). The molecule has 0 N–H and O–H groups in total. The molecule has 0 unspecified atom stereocenters. The summed E-state index contributed by atoms with van der Waals surface area (Å²) in [6.45, 7) is 20.8. The van der Waals surface area contributed by atoms with Gasteiger partial charge in [-0.05, 0) is 52.3 Å². The van der Waals surface area contributed by atoms with Crippen molar-refractivity contribution in [1.82, 2.24) is 0 Å². The van der Waals surface area contributed by atoms with Crippen LogP contribution in [0.3, 0.4) is 0 Å². The third-order valence-electron chi connectivity index (χ3n) is 6.60. The van der Waals surface area contributed by atoms with Gasteiger partial charge in [-0.25, -0.2) is 0 Å². The summed E-state index contributed by atoms with van der Waals surface area (Å²) in [6, 6.07) is 13.7. The maximum Gasteiger partial charge on any atom is 0.110 e. The predicted molar refractivity (Wildman–Crippen MR) is 137 cm³/mol. The van der Waals surface area contributed by atoms with Gasteiger partial charge >= 0.3 is 0 Å². The van der Waals surface area contributed by atoms with E-state index in [0.717, 1.165) is 6.42 Å². The summed E-state index contributed by atoms with van der Waals surface area (Å²) in [5.41, 5.74) is 8.59. The molecule has 31 heavy (non-hydrogen) atoms. The highest BCUT2D eigenvalue weighted by Crippen LogP contribution is 2.43. The Hall–Kier alpha value is -2.22. The smallest absolute Gasteiger partial charge is 0.110 e. The van der Waals surface area contributed by atoms with Gasteiger partial charge in [-0.15, -0.1) is 0 Å². The Bertz CT molecular complexity index is 794. The molecule has 0 saturated heterocycles. The fraction of sp³-hybridized carbons (Fsp3) is 0.517. The zero-order chi connectivity index (χ0) is 22.9. The molecule has 0 aromatic heterocycles. The Balaban J connectivity index is 2.17. The summed E-state index contributed by atoms with van der Waals surface area (Å²) in [5.74, 6) is 1.95. The van der Waals surface area contributed by atoms with Crippen LogP contribution in [0, 0.1) is 0 Å². The number of nitrogens with zero attached hydrogens (tertiary/aromatic N) is 2. The largest absolute Gasteiger partial charge is 0.325 e. The van der Waals surface area contributed by atoms with Gasteiger partial charge in [0, 0.05) is 23.8 Å².